The van der Waals surface area contributed by atoms with Gasteiger partial charge in [-0.3, -0.25) is 0 Å². The van der Waals surface area contributed by atoms with Crippen LogP contribution < -0.4 is 5.32 Å². The molecule has 24 heavy (non-hydrogen) atoms. The van der Waals surface area contributed by atoms with Crippen molar-refractivity contribution in [1.29, 1.82) is 0 Å². The highest BCUT2D eigenvalue weighted by Crippen LogP contribution is 2.34. The summed E-state index contributed by atoms with van der Waals surface area (Å²) in [5.41, 5.74) is 4.51. The first-order chi connectivity index (χ1) is 11.8. The van der Waals surface area contributed by atoms with Gasteiger partial charge in [-0.25, -0.2) is 5.01 Å². The summed E-state index contributed by atoms with van der Waals surface area (Å²) in [7, 11) is 0. The number of thiophene rings is 2. The van der Waals surface area contributed by atoms with Gasteiger partial charge in [0.05, 0.1) is 11.8 Å². The molecule has 1 atom stereocenters. The van der Waals surface area contributed by atoms with Crippen molar-refractivity contribution in [2.75, 3.05) is 5.32 Å². The zero-order valence-corrected chi connectivity index (χ0v) is 15.2. The van der Waals surface area contributed by atoms with Crippen molar-refractivity contribution in [2.24, 2.45) is 5.10 Å². The Morgan fingerprint density at radius 2 is 1.88 bits per heavy atom. The van der Waals surface area contributed by atoms with Gasteiger partial charge in [0.1, 0.15) is 0 Å². The number of thiocarbonyl (C=S) groups is 1. The highest BCUT2D eigenvalue weighted by Gasteiger charge is 2.31. The van der Waals surface area contributed by atoms with E-state index in [1.54, 1.807) is 22.7 Å². The lowest BCUT2D eigenvalue weighted by atomic mass is 10.0. The molecular formula is C18H15N3S3. The van der Waals surface area contributed by atoms with Crippen LogP contribution in [0.2, 0.25) is 0 Å². The molecule has 120 valence electrons. The van der Waals surface area contributed by atoms with E-state index < -0.39 is 0 Å². The van der Waals surface area contributed by atoms with Crippen LogP contribution in [0, 0.1) is 0 Å². The molecule has 0 fully saturated rings. The number of benzene rings is 1. The second kappa shape index (κ2) is 6.84. The highest BCUT2D eigenvalue weighted by atomic mass is 32.1. The molecule has 3 nitrogen and oxygen atoms in total. The van der Waals surface area contributed by atoms with E-state index >= 15 is 0 Å². The summed E-state index contributed by atoms with van der Waals surface area (Å²) in [5.74, 6) is 0. The lowest BCUT2D eigenvalue weighted by Gasteiger charge is -2.24. The normalized spacial score (nSPS) is 16.9. The van der Waals surface area contributed by atoms with Crippen LogP contribution in [0.4, 0.5) is 5.69 Å². The van der Waals surface area contributed by atoms with E-state index in [9.17, 15) is 0 Å². The van der Waals surface area contributed by atoms with E-state index in [4.69, 9.17) is 17.3 Å². The molecule has 0 bridgehead atoms. The maximum atomic E-state index is 5.64. The summed E-state index contributed by atoms with van der Waals surface area (Å²) in [6.45, 7) is 0. The van der Waals surface area contributed by atoms with Crippen molar-refractivity contribution in [3.05, 3.63) is 75.1 Å². The third-order valence-electron chi connectivity index (χ3n) is 3.93. The second-order valence-electron chi connectivity index (χ2n) is 5.48. The number of hydrogen-bond acceptors (Lipinski definition) is 4. The predicted molar refractivity (Wildman–Crippen MR) is 107 cm³/mol. The smallest absolute Gasteiger partial charge is 0.194 e. The Morgan fingerprint density at radius 1 is 1.08 bits per heavy atom. The van der Waals surface area contributed by atoms with Crippen LogP contribution in [0.3, 0.4) is 0 Å². The Kier molecular flexibility index (Phi) is 4.42. The molecule has 4 rings (SSSR count). The summed E-state index contributed by atoms with van der Waals surface area (Å²) < 4.78 is 0. The maximum absolute atomic E-state index is 5.64. The van der Waals surface area contributed by atoms with Crippen molar-refractivity contribution in [3.63, 3.8) is 0 Å². The predicted octanol–water partition coefficient (Wildman–Crippen LogP) is 5.36. The van der Waals surface area contributed by atoms with E-state index in [0.29, 0.717) is 5.11 Å². The van der Waals surface area contributed by atoms with Crippen LogP contribution >= 0.6 is 34.9 Å². The first kappa shape index (κ1) is 15.5. The molecule has 0 saturated heterocycles. The van der Waals surface area contributed by atoms with Gasteiger partial charge in [-0.2, -0.15) is 27.8 Å². The standard InChI is InChI=1S/C18H15N3S3/c22-18(19-15-4-2-1-3-5-15)21-17(14-7-9-24-12-14)10-16(20-21)13-6-8-23-11-13/h1-9,11-12,17H,10H2,(H,19,22)/t17-/m0/s1. The molecule has 0 unspecified atom stereocenters. The van der Waals surface area contributed by atoms with Crippen LogP contribution in [-0.2, 0) is 0 Å². The monoisotopic (exact) mass is 369 g/mol. The van der Waals surface area contributed by atoms with E-state index in [-0.39, 0.29) is 6.04 Å². The third-order valence-corrected chi connectivity index (χ3v) is 5.60. The average molecular weight is 370 g/mol. The van der Waals surface area contributed by atoms with Crippen molar-refractivity contribution in [3.8, 4) is 0 Å². The largest absolute Gasteiger partial charge is 0.331 e. The van der Waals surface area contributed by atoms with Crippen LogP contribution in [0.1, 0.15) is 23.6 Å². The molecule has 0 radical (unpaired) electrons. The number of hydrogen-bond donors (Lipinski definition) is 1. The SMILES string of the molecule is S=C(Nc1ccccc1)N1N=C(c2ccsc2)C[C@H]1c1ccsc1. The topological polar surface area (TPSA) is 27.6 Å². The van der Waals surface area contributed by atoms with Crippen LogP contribution in [0.5, 0.6) is 0 Å². The lowest BCUT2D eigenvalue weighted by Crippen LogP contribution is -2.30. The molecule has 0 aliphatic carbocycles. The van der Waals surface area contributed by atoms with Gasteiger partial charge in [-0.15, -0.1) is 0 Å². The van der Waals surface area contributed by atoms with Crippen LogP contribution in [0.15, 0.2) is 69.1 Å². The summed E-state index contributed by atoms with van der Waals surface area (Å²) in [4.78, 5) is 0. The van der Waals surface area contributed by atoms with E-state index in [2.05, 4.69) is 39.0 Å². The third kappa shape index (κ3) is 3.13. The van der Waals surface area contributed by atoms with Gasteiger partial charge in [0, 0.05) is 17.7 Å². The molecule has 1 aliphatic rings. The Hall–Kier alpha value is -2.02. The fourth-order valence-corrected chi connectivity index (χ4v) is 4.39. The molecule has 0 spiro atoms. The Balaban J connectivity index is 1.62. The highest BCUT2D eigenvalue weighted by molar-refractivity contribution is 7.80. The molecule has 3 heterocycles. The molecule has 0 saturated carbocycles. The van der Waals surface area contributed by atoms with Crippen molar-refractivity contribution < 1.29 is 0 Å². The lowest BCUT2D eigenvalue weighted by molar-refractivity contribution is 0.376. The average Bonchev–Trinajstić information content (AvgIpc) is 3.35. The Morgan fingerprint density at radius 3 is 2.58 bits per heavy atom. The number of nitrogens with zero attached hydrogens (tertiary/aromatic N) is 2. The Labute approximate surface area is 154 Å². The van der Waals surface area contributed by atoms with Gasteiger partial charge in [0.25, 0.3) is 0 Å². The molecular weight excluding hydrogens is 354 g/mol. The van der Waals surface area contributed by atoms with E-state index in [1.807, 2.05) is 35.3 Å². The summed E-state index contributed by atoms with van der Waals surface area (Å²) in [5, 5.41) is 19.2. The summed E-state index contributed by atoms with van der Waals surface area (Å²) in [6.07, 6.45) is 0.865. The van der Waals surface area contributed by atoms with Gasteiger partial charge in [0.2, 0.25) is 0 Å². The molecule has 1 aromatic carbocycles. The van der Waals surface area contributed by atoms with Gasteiger partial charge in [-0.05, 0) is 63.6 Å². The quantitative estimate of drug-likeness (QED) is 0.630. The maximum Gasteiger partial charge on any atom is 0.194 e. The first-order valence-electron chi connectivity index (χ1n) is 7.58. The van der Waals surface area contributed by atoms with Crippen molar-refractivity contribution in [1.82, 2.24) is 5.01 Å². The van der Waals surface area contributed by atoms with Crippen molar-refractivity contribution >= 4 is 51.4 Å². The van der Waals surface area contributed by atoms with Gasteiger partial charge in [-0.1, -0.05) is 18.2 Å². The molecule has 3 aromatic rings. The zero-order valence-electron chi connectivity index (χ0n) is 12.8. The fourth-order valence-electron chi connectivity index (χ4n) is 2.73. The summed E-state index contributed by atoms with van der Waals surface area (Å²) >= 11 is 9.04. The van der Waals surface area contributed by atoms with Gasteiger partial charge >= 0.3 is 0 Å². The Bertz CT molecular complexity index is 839. The molecule has 0 amide bonds. The van der Waals surface area contributed by atoms with Crippen LogP contribution in [-0.4, -0.2) is 15.8 Å². The minimum Gasteiger partial charge on any atom is -0.331 e. The van der Waals surface area contributed by atoms with E-state index in [1.165, 1.54) is 11.1 Å². The fraction of sp³-hybridized carbons (Fsp3) is 0.111. The molecule has 1 N–H and O–H groups in total. The second-order valence-corrected chi connectivity index (χ2v) is 7.42. The van der Waals surface area contributed by atoms with Crippen molar-refractivity contribution in [2.45, 2.75) is 12.5 Å². The molecule has 6 heteroatoms. The number of rotatable bonds is 3. The number of anilines is 1. The first-order valence-corrected chi connectivity index (χ1v) is 9.88. The van der Waals surface area contributed by atoms with Crippen LogP contribution in [0.25, 0.3) is 0 Å². The zero-order chi connectivity index (χ0) is 16.4. The summed E-state index contributed by atoms with van der Waals surface area (Å²) in [6, 6.07) is 14.4. The molecule has 1 aliphatic heterocycles. The van der Waals surface area contributed by atoms with E-state index in [0.717, 1.165) is 17.8 Å². The number of nitrogens with one attached hydrogen (secondary N) is 1. The number of hydrazone groups is 1. The van der Waals surface area contributed by atoms with Gasteiger partial charge < -0.3 is 5.32 Å². The van der Waals surface area contributed by atoms with Gasteiger partial charge in [0.15, 0.2) is 5.11 Å². The number of para-hydroxylation sites is 1. The minimum atomic E-state index is 0.148. The minimum absolute atomic E-state index is 0.148. The molecule has 2 aromatic heterocycles.